The summed E-state index contributed by atoms with van der Waals surface area (Å²) in [6.07, 6.45) is 0.227. The van der Waals surface area contributed by atoms with E-state index in [0.717, 1.165) is 21.0 Å². The second-order valence-electron chi connectivity index (χ2n) is 11.0. The fourth-order valence-electron chi connectivity index (χ4n) is 4.92. The molecule has 7 nitrogen and oxygen atoms in total. The van der Waals surface area contributed by atoms with Gasteiger partial charge in [0.15, 0.2) is 0 Å². The third-order valence-electron chi connectivity index (χ3n) is 7.55. The summed E-state index contributed by atoms with van der Waals surface area (Å²) >= 11 is 6.51. The Balaban J connectivity index is 1.80. The Morgan fingerprint density at radius 1 is 0.841 bits per heavy atom. The lowest BCUT2D eigenvalue weighted by Gasteiger charge is -2.33. The molecule has 0 spiro atoms. The van der Waals surface area contributed by atoms with Gasteiger partial charge in [0.2, 0.25) is 11.8 Å². The Labute approximate surface area is 265 Å². The van der Waals surface area contributed by atoms with Crippen LogP contribution in [-0.4, -0.2) is 44.8 Å². The predicted molar refractivity (Wildman–Crippen MR) is 176 cm³/mol. The molecule has 4 aromatic carbocycles. The van der Waals surface area contributed by atoms with Gasteiger partial charge in [-0.2, -0.15) is 0 Å². The van der Waals surface area contributed by atoms with Crippen molar-refractivity contribution in [1.29, 1.82) is 0 Å². The number of carbonyl (C=O) groups is 2. The van der Waals surface area contributed by atoms with Crippen molar-refractivity contribution in [3.05, 3.63) is 130 Å². The molecule has 0 saturated heterocycles. The highest BCUT2D eigenvalue weighted by atomic mass is 35.5. The second-order valence-corrected chi connectivity index (χ2v) is 13.3. The minimum absolute atomic E-state index is 0.00807. The van der Waals surface area contributed by atoms with Crippen molar-refractivity contribution in [3.63, 3.8) is 0 Å². The van der Waals surface area contributed by atoms with Gasteiger partial charge in [-0.1, -0.05) is 104 Å². The molecule has 2 amide bonds. The first-order chi connectivity index (χ1) is 21.0. The number of amides is 2. The van der Waals surface area contributed by atoms with E-state index >= 15 is 0 Å². The molecule has 0 aromatic heterocycles. The van der Waals surface area contributed by atoms with Crippen LogP contribution in [0.25, 0.3) is 0 Å². The molecule has 0 aliphatic heterocycles. The van der Waals surface area contributed by atoms with E-state index in [1.807, 2.05) is 49.4 Å². The Morgan fingerprint density at radius 2 is 1.45 bits per heavy atom. The average Bonchev–Trinajstić information content (AvgIpc) is 3.02. The minimum atomic E-state index is -4.16. The molecular formula is C35H38ClN3O4S. The molecule has 0 bridgehead atoms. The highest BCUT2D eigenvalue weighted by Crippen LogP contribution is 2.28. The van der Waals surface area contributed by atoms with E-state index in [0.29, 0.717) is 16.3 Å². The maximum absolute atomic E-state index is 14.4. The van der Waals surface area contributed by atoms with Crippen LogP contribution in [0.2, 0.25) is 5.02 Å². The number of hydrogen-bond donors (Lipinski definition) is 1. The molecule has 0 radical (unpaired) electrons. The van der Waals surface area contributed by atoms with Gasteiger partial charge in [0.1, 0.15) is 12.6 Å². The number of rotatable bonds is 12. The van der Waals surface area contributed by atoms with Gasteiger partial charge < -0.3 is 10.2 Å². The topological polar surface area (TPSA) is 86.8 Å². The zero-order chi connectivity index (χ0) is 31.9. The van der Waals surface area contributed by atoms with Crippen LogP contribution in [0, 0.1) is 6.92 Å². The quantitative estimate of drug-likeness (QED) is 0.197. The first-order valence-electron chi connectivity index (χ1n) is 14.5. The standard InChI is InChI=1S/C35H38ClN3O4S/c1-25(2)28-16-18-30(19-17-28)39(44(42,43)31-20-14-26(3)15-21-31)24-34(40)38(23-29-12-8-9-13-32(29)36)33(35(41)37-4)22-27-10-6-5-7-11-27/h5-21,25,33H,22-24H2,1-4H3,(H,37,41)/t33-/m0/s1. The van der Waals surface area contributed by atoms with Gasteiger partial charge in [-0.3, -0.25) is 13.9 Å². The van der Waals surface area contributed by atoms with Crippen molar-refractivity contribution in [3.8, 4) is 0 Å². The number of likely N-dealkylation sites (N-methyl/N-ethyl adjacent to an activating group) is 1. The van der Waals surface area contributed by atoms with Crippen LogP contribution in [0.15, 0.2) is 108 Å². The second kappa shape index (κ2) is 14.6. The Hall–Kier alpha value is -4.14. The maximum Gasteiger partial charge on any atom is 0.264 e. The van der Waals surface area contributed by atoms with Crippen molar-refractivity contribution in [2.24, 2.45) is 0 Å². The molecule has 0 fully saturated rings. The van der Waals surface area contributed by atoms with Gasteiger partial charge >= 0.3 is 0 Å². The van der Waals surface area contributed by atoms with Crippen LogP contribution >= 0.6 is 11.6 Å². The number of halogens is 1. The monoisotopic (exact) mass is 631 g/mol. The summed E-state index contributed by atoms with van der Waals surface area (Å²) in [5.74, 6) is -0.674. The molecule has 0 aliphatic carbocycles. The molecule has 0 aliphatic rings. The SMILES string of the molecule is CNC(=O)[C@H](Cc1ccccc1)N(Cc1ccccc1Cl)C(=O)CN(c1ccc(C(C)C)cc1)S(=O)(=O)c1ccc(C)cc1. The van der Waals surface area contributed by atoms with Crippen LogP contribution in [0.1, 0.15) is 42.0 Å². The molecular weight excluding hydrogens is 594 g/mol. The van der Waals surface area contributed by atoms with Gasteiger partial charge in [-0.15, -0.1) is 0 Å². The lowest BCUT2D eigenvalue weighted by molar-refractivity contribution is -0.139. The lowest BCUT2D eigenvalue weighted by atomic mass is 10.0. The largest absolute Gasteiger partial charge is 0.357 e. The van der Waals surface area contributed by atoms with E-state index in [9.17, 15) is 18.0 Å². The molecule has 4 aromatic rings. The lowest BCUT2D eigenvalue weighted by Crippen LogP contribution is -2.53. The molecule has 230 valence electrons. The molecule has 9 heteroatoms. The van der Waals surface area contributed by atoms with Gasteiger partial charge in [0.05, 0.1) is 10.6 Å². The molecule has 4 rings (SSSR count). The number of aryl methyl sites for hydroxylation is 1. The minimum Gasteiger partial charge on any atom is -0.357 e. The summed E-state index contributed by atoms with van der Waals surface area (Å²) in [5.41, 5.74) is 3.79. The normalized spacial score (nSPS) is 12.0. The highest BCUT2D eigenvalue weighted by molar-refractivity contribution is 7.92. The Kier molecular flexibility index (Phi) is 10.8. The van der Waals surface area contributed by atoms with Gasteiger partial charge in [0.25, 0.3) is 10.0 Å². The molecule has 1 N–H and O–H groups in total. The summed E-state index contributed by atoms with van der Waals surface area (Å²) in [7, 11) is -2.65. The molecule has 0 saturated carbocycles. The summed E-state index contributed by atoms with van der Waals surface area (Å²) in [6, 6.07) is 29.2. The highest BCUT2D eigenvalue weighted by Gasteiger charge is 2.34. The maximum atomic E-state index is 14.4. The van der Waals surface area contributed by atoms with Crippen LogP contribution in [-0.2, 0) is 32.6 Å². The van der Waals surface area contributed by atoms with Crippen molar-refractivity contribution < 1.29 is 18.0 Å². The summed E-state index contributed by atoms with van der Waals surface area (Å²) < 4.78 is 29.4. The number of nitrogens with zero attached hydrogens (tertiary/aromatic N) is 2. The molecule has 1 atom stereocenters. The third kappa shape index (κ3) is 7.87. The first kappa shape index (κ1) is 32.8. The number of benzene rings is 4. The van der Waals surface area contributed by atoms with E-state index in [2.05, 4.69) is 19.2 Å². The smallest absolute Gasteiger partial charge is 0.264 e. The fraction of sp³-hybridized carbons (Fsp3) is 0.257. The number of hydrogen-bond acceptors (Lipinski definition) is 4. The zero-order valence-electron chi connectivity index (χ0n) is 25.4. The fourth-order valence-corrected chi connectivity index (χ4v) is 6.53. The van der Waals surface area contributed by atoms with E-state index in [1.165, 1.54) is 24.1 Å². The average molecular weight is 632 g/mol. The van der Waals surface area contributed by atoms with Crippen LogP contribution in [0.4, 0.5) is 5.69 Å². The zero-order valence-corrected chi connectivity index (χ0v) is 27.0. The van der Waals surface area contributed by atoms with Crippen molar-refractivity contribution >= 4 is 39.1 Å². The van der Waals surface area contributed by atoms with Crippen LogP contribution in [0.3, 0.4) is 0 Å². The van der Waals surface area contributed by atoms with E-state index < -0.39 is 28.5 Å². The molecule has 0 unspecified atom stereocenters. The third-order valence-corrected chi connectivity index (χ3v) is 9.71. The predicted octanol–water partition coefficient (Wildman–Crippen LogP) is 6.35. The van der Waals surface area contributed by atoms with Crippen molar-refractivity contribution in [2.75, 3.05) is 17.9 Å². The van der Waals surface area contributed by atoms with Crippen LogP contribution < -0.4 is 9.62 Å². The first-order valence-corrected chi connectivity index (χ1v) is 16.3. The number of nitrogens with one attached hydrogen (secondary N) is 1. The van der Waals surface area contributed by atoms with Gasteiger partial charge in [-0.25, -0.2) is 8.42 Å². The van der Waals surface area contributed by atoms with Gasteiger partial charge in [-0.05, 0) is 59.9 Å². The Morgan fingerprint density at radius 3 is 2.05 bits per heavy atom. The van der Waals surface area contributed by atoms with Crippen LogP contribution in [0.5, 0.6) is 0 Å². The molecule has 0 heterocycles. The Bertz CT molecular complexity index is 1680. The van der Waals surface area contributed by atoms with E-state index in [4.69, 9.17) is 11.6 Å². The summed E-state index contributed by atoms with van der Waals surface area (Å²) in [5, 5.41) is 3.13. The van der Waals surface area contributed by atoms with E-state index in [1.54, 1.807) is 48.5 Å². The van der Waals surface area contributed by atoms with Gasteiger partial charge in [0, 0.05) is 25.0 Å². The van der Waals surface area contributed by atoms with E-state index in [-0.39, 0.29) is 29.7 Å². The number of sulfonamides is 1. The van der Waals surface area contributed by atoms with Crippen molar-refractivity contribution in [1.82, 2.24) is 10.2 Å². The number of anilines is 1. The summed E-state index contributed by atoms with van der Waals surface area (Å²) in [6.45, 7) is 5.47. The summed E-state index contributed by atoms with van der Waals surface area (Å²) in [4.78, 5) is 29.3. The van der Waals surface area contributed by atoms with Crippen molar-refractivity contribution in [2.45, 2.75) is 50.6 Å². The molecule has 44 heavy (non-hydrogen) atoms. The number of carbonyl (C=O) groups excluding carboxylic acids is 2.